The van der Waals surface area contributed by atoms with Crippen LogP contribution in [0.4, 0.5) is 27.5 Å². The summed E-state index contributed by atoms with van der Waals surface area (Å²) >= 11 is 0. The fourth-order valence-corrected chi connectivity index (χ4v) is 4.44. The second-order valence-corrected chi connectivity index (χ2v) is 11.4. The molecule has 0 fully saturated rings. The van der Waals surface area contributed by atoms with Gasteiger partial charge >= 0.3 is 0 Å². The van der Waals surface area contributed by atoms with Gasteiger partial charge in [0.05, 0.1) is 11.4 Å². The van der Waals surface area contributed by atoms with Crippen LogP contribution in [0.15, 0.2) is 79.1 Å². The maximum atomic E-state index is 13.6. The Morgan fingerprint density at radius 1 is 0.952 bits per heavy atom. The Hall–Kier alpha value is -4.83. The summed E-state index contributed by atoms with van der Waals surface area (Å²) in [6.07, 6.45) is 1.52. The molecule has 2 aromatic heterocycles. The van der Waals surface area contributed by atoms with E-state index < -0.39 is 0 Å². The number of rotatable bonds is 9. The number of hydrogen-bond acceptors (Lipinski definition) is 7. The summed E-state index contributed by atoms with van der Waals surface area (Å²) < 4.78 is 15.2. The number of amides is 1. The number of halogens is 1. The van der Waals surface area contributed by atoms with Gasteiger partial charge in [0.25, 0.3) is 5.91 Å². The van der Waals surface area contributed by atoms with Crippen LogP contribution >= 0.6 is 0 Å². The van der Waals surface area contributed by atoms with Gasteiger partial charge in [-0.3, -0.25) is 4.79 Å². The molecule has 0 atom stereocenters. The molecule has 216 valence electrons. The first kappa shape index (κ1) is 28.7. The van der Waals surface area contributed by atoms with E-state index in [1.807, 2.05) is 56.6 Å². The van der Waals surface area contributed by atoms with E-state index in [4.69, 9.17) is 5.10 Å². The van der Waals surface area contributed by atoms with E-state index in [1.165, 1.54) is 18.5 Å². The number of likely N-dealkylation sites (N-methyl/N-ethyl adjacent to an activating group) is 1. The van der Waals surface area contributed by atoms with Gasteiger partial charge in [0.1, 0.15) is 29.6 Å². The molecule has 0 unspecified atom stereocenters. The Morgan fingerprint density at radius 3 is 2.45 bits per heavy atom. The summed E-state index contributed by atoms with van der Waals surface area (Å²) in [4.78, 5) is 24.3. The predicted molar refractivity (Wildman–Crippen MR) is 166 cm³/mol. The van der Waals surface area contributed by atoms with Crippen LogP contribution in [0.3, 0.4) is 0 Å². The number of anilines is 4. The van der Waals surface area contributed by atoms with Crippen molar-refractivity contribution in [3.63, 3.8) is 0 Å². The third-order valence-corrected chi connectivity index (χ3v) is 6.72. The number of nitrogens with one attached hydrogen (secondary N) is 3. The van der Waals surface area contributed by atoms with E-state index in [1.54, 1.807) is 22.9 Å². The number of aromatic nitrogens is 4. The van der Waals surface area contributed by atoms with Crippen molar-refractivity contribution in [2.75, 3.05) is 43.1 Å². The second-order valence-electron chi connectivity index (χ2n) is 11.4. The molecular weight excluding hydrogens is 531 g/mol. The summed E-state index contributed by atoms with van der Waals surface area (Å²) in [5.41, 5.74) is 2.56. The highest BCUT2D eigenvalue weighted by atomic mass is 19.1. The lowest BCUT2D eigenvalue weighted by Gasteiger charge is -2.14. The second kappa shape index (κ2) is 12.0. The minimum Gasteiger partial charge on any atom is -0.369 e. The molecule has 0 bridgehead atoms. The average Bonchev–Trinajstić information content (AvgIpc) is 3.37. The zero-order valence-electron chi connectivity index (χ0n) is 24.4. The summed E-state index contributed by atoms with van der Waals surface area (Å²) in [7, 11) is 4.05. The van der Waals surface area contributed by atoms with E-state index in [0.29, 0.717) is 22.9 Å². The van der Waals surface area contributed by atoms with Crippen molar-refractivity contribution < 1.29 is 9.18 Å². The first-order valence-electron chi connectivity index (χ1n) is 13.7. The molecule has 3 aromatic carbocycles. The quantitative estimate of drug-likeness (QED) is 0.195. The largest absolute Gasteiger partial charge is 0.369 e. The maximum absolute atomic E-state index is 13.6. The van der Waals surface area contributed by atoms with Gasteiger partial charge in [-0.15, -0.1) is 0 Å². The van der Waals surface area contributed by atoms with Crippen LogP contribution < -0.4 is 16.0 Å². The van der Waals surface area contributed by atoms with Crippen molar-refractivity contribution in [3.05, 3.63) is 96.2 Å². The maximum Gasteiger partial charge on any atom is 0.257 e. The molecule has 0 radical (unpaired) electrons. The molecule has 0 spiro atoms. The summed E-state index contributed by atoms with van der Waals surface area (Å²) in [6, 6.07) is 21.2. The van der Waals surface area contributed by atoms with Gasteiger partial charge in [-0.1, -0.05) is 39.0 Å². The molecule has 0 aliphatic carbocycles. The van der Waals surface area contributed by atoms with Crippen molar-refractivity contribution in [1.29, 1.82) is 0 Å². The Balaban J connectivity index is 1.38. The number of benzene rings is 3. The van der Waals surface area contributed by atoms with Gasteiger partial charge in [-0.05, 0) is 67.3 Å². The topological polar surface area (TPSA) is 100 Å². The molecule has 5 aromatic rings. The lowest BCUT2D eigenvalue weighted by molar-refractivity contribution is 0.102. The normalized spacial score (nSPS) is 11.6. The monoisotopic (exact) mass is 566 g/mol. The van der Waals surface area contributed by atoms with E-state index in [2.05, 4.69) is 51.6 Å². The van der Waals surface area contributed by atoms with Gasteiger partial charge in [-0.2, -0.15) is 5.10 Å². The van der Waals surface area contributed by atoms with Crippen LogP contribution in [0.25, 0.3) is 16.5 Å². The summed E-state index contributed by atoms with van der Waals surface area (Å²) in [5.74, 6) is 1.30. The highest BCUT2D eigenvalue weighted by molar-refractivity contribution is 6.13. The smallest absolute Gasteiger partial charge is 0.257 e. The minimum atomic E-state index is -0.339. The van der Waals surface area contributed by atoms with Crippen molar-refractivity contribution in [3.8, 4) is 5.69 Å². The molecule has 0 saturated carbocycles. The van der Waals surface area contributed by atoms with E-state index in [0.717, 1.165) is 41.1 Å². The third kappa shape index (κ3) is 6.72. The van der Waals surface area contributed by atoms with Crippen LogP contribution in [0.5, 0.6) is 0 Å². The van der Waals surface area contributed by atoms with Crippen LogP contribution in [-0.4, -0.2) is 57.7 Å². The fraction of sp³-hybridized carbons (Fsp3) is 0.250. The van der Waals surface area contributed by atoms with Crippen LogP contribution in [0, 0.1) is 5.82 Å². The standard InChI is InChI=1S/C32H35FN8O/c1-32(2,3)27-18-30(41(39-27)24-12-9-22(33)10-13-24)38-31(42)26-8-6-7-21-17-23(11-14-25(21)26)37-29-19-28(35-20-36-29)34-15-16-40(4)5/h6-14,17-20H,15-16H2,1-5H3,(H,38,42)(H2,34,35,36,37). The molecular formula is C32H35FN8O. The molecule has 0 aliphatic heterocycles. The van der Waals surface area contributed by atoms with Gasteiger partial charge < -0.3 is 20.9 Å². The van der Waals surface area contributed by atoms with Crippen LogP contribution in [-0.2, 0) is 5.41 Å². The van der Waals surface area contributed by atoms with E-state index >= 15 is 0 Å². The minimum absolute atomic E-state index is 0.250. The molecule has 5 rings (SSSR count). The molecule has 1 amide bonds. The first-order valence-corrected chi connectivity index (χ1v) is 13.7. The Bertz CT molecular complexity index is 1710. The van der Waals surface area contributed by atoms with Gasteiger partial charge in [0.2, 0.25) is 0 Å². The van der Waals surface area contributed by atoms with Gasteiger partial charge in [-0.25, -0.2) is 19.0 Å². The molecule has 42 heavy (non-hydrogen) atoms. The SMILES string of the molecule is CN(C)CCNc1cc(Nc2ccc3c(C(=O)Nc4cc(C(C)(C)C)nn4-c4ccc(F)cc4)cccc3c2)ncn1. The van der Waals surface area contributed by atoms with Crippen molar-refractivity contribution in [1.82, 2.24) is 24.6 Å². The highest BCUT2D eigenvalue weighted by Gasteiger charge is 2.22. The molecule has 2 heterocycles. The van der Waals surface area contributed by atoms with Crippen molar-refractivity contribution in [2.24, 2.45) is 0 Å². The Labute approximate surface area is 244 Å². The molecule has 3 N–H and O–H groups in total. The Morgan fingerprint density at radius 2 is 1.71 bits per heavy atom. The number of hydrogen-bond donors (Lipinski definition) is 3. The van der Waals surface area contributed by atoms with Crippen LogP contribution in [0.1, 0.15) is 36.8 Å². The van der Waals surface area contributed by atoms with Crippen molar-refractivity contribution >= 4 is 39.8 Å². The lowest BCUT2D eigenvalue weighted by Crippen LogP contribution is -2.21. The Kier molecular flexibility index (Phi) is 8.17. The molecule has 9 nitrogen and oxygen atoms in total. The number of nitrogens with zero attached hydrogens (tertiary/aromatic N) is 5. The number of fused-ring (bicyclic) bond motifs is 1. The van der Waals surface area contributed by atoms with Gasteiger partial charge in [0.15, 0.2) is 0 Å². The van der Waals surface area contributed by atoms with Crippen molar-refractivity contribution in [2.45, 2.75) is 26.2 Å². The summed E-state index contributed by atoms with van der Waals surface area (Å²) in [5, 5.41) is 16.1. The molecule has 10 heteroatoms. The fourth-order valence-electron chi connectivity index (χ4n) is 4.44. The lowest BCUT2D eigenvalue weighted by atomic mass is 9.92. The molecule has 0 aliphatic rings. The summed E-state index contributed by atoms with van der Waals surface area (Å²) in [6.45, 7) is 7.81. The first-order chi connectivity index (χ1) is 20.1. The van der Waals surface area contributed by atoms with Gasteiger partial charge in [0, 0.05) is 41.9 Å². The predicted octanol–water partition coefficient (Wildman–Crippen LogP) is 6.22. The zero-order chi connectivity index (χ0) is 29.9. The average molecular weight is 567 g/mol. The third-order valence-electron chi connectivity index (χ3n) is 6.72. The van der Waals surface area contributed by atoms with E-state index in [9.17, 15) is 9.18 Å². The zero-order valence-corrected chi connectivity index (χ0v) is 24.4. The molecule has 0 saturated heterocycles. The van der Waals surface area contributed by atoms with Crippen LogP contribution in [0.2, 0.25) is 0 Å². The highest BCUT2D eigenvalue weighted by Crippen LogP contribution is 2.29. The number of carbonyl (C=O) groups excluding carboxylic acids is 1. The number of carbonyl (C=O) groups is 1. The van der Waals surface area contributed by atoms with E-state index in [-0.39, 0.29) is 17.1 Å².